The molecule has 0 aliphatic carbocycles. The number of anilines is 1. The molecule has 2 saturated heterocycles. The van der Waals surface area contributed by atoms with E-state index in [2.05, 4.69) is 42.2 Å². The van der Waals surface area contributed by atoms with Crippen molar-refractivity contribution >= 4 is 5.82 Å². The van der Waals surface area contributed by atoms with E-state index in [4.69, 9.17) is 5.73 Å². The Morgan fingerprint density at radius 3 is 2.67 bits per heavy atom. The number of nitrogens with one attached hydrogen (secondary N) is 1. The van der Waals surface area contributed by atoms with Gasteiger partial charge in [-0.05, 0) is 63.7 Å². The Morgan fingerprint density at radius 2 is 2.05 bits per heavy atom. The summed E-state index contributed by atoms with van der Waals surface area (Å²) in [4.78, 5) is 6.97. The van der Waals surface area contributed by atoms with Crippen LogP contribution in [0.25, 0.3) is 0 Å². The van der Waals surface area contributed by atoms with E-state index in [-0.39, 0.29) is 0 Å². The fourth-order valence-corrected chi connectivity index (χ4v) is 4.33. The fourth-order valence-electron chi connectivity index (χ4n) is 4.33. The van der Waals surface area contributed by atoms with Gasteiger partial charge in [0.1, 0.15) is 5.82 Å². The number of aryl methyl sites for hydroxylation is 1. The first-order chi connectivity index (χ1) is 10.1. The number of fused-ring (bicyclic) bond motifs is 2. The summed E-state index contributed by atoms with van der Waals surface area (Å²) in [5.41, 5.74) is 8.57. The van der Waals surface area contributed by atoms with Crippen LogP contribution in [0.15, 0.2) is 12.3 Å². The van der Waals surface area contributed by atoms with E-state index in [1.807, 2.05) is 6.20 Å². The molecule has 3 N–H and O–H groups in total. The van der Waals surface area contributed by atoms with E-state index in [0.717, 1.165) is 18.6 Å². The Bertz CT molecular complexity index is 488. The second kappa shape index (κ2) is 5.93. The van der Waals surface area contributed by atoms with Crippen molar-refractivity contribution in [3.05, 3.63) is 23.4 Å². The molecule has 0 radical (unpaired) electrons. The molecule has 3 rings (SSSR count). The average molecular weight is 288 g/mol. The summed E-state index contributed by atoms with van der Waals surface area (Å²) in [6, 6.07) is 4.08. The molecular weight excluding hydrogens is 260 g/mol. The van der Waals surface area contributed by atoms with Crippen LogP contribution in [0, 0.1) is 12.8 Å². The second-order valence-electron chi connectivity index (χ2n) is 6.80. The van der Waals surface area contributed by atoms with Gasteiger partial charge in [0, 0.05) is 29.9 Å². The van der Waals surface area contributed by atoms with Crippen molar-refractivity contribution in [1.29, 1.82) is 0 Å². The molecule has 4 heteroatoms. The molecule has 21 heavy (non-hydrogen) atoms. The van der Waals surface area contributed by atoms with Gasteiger partial charge < -0.3 is 16.0 Å². The van der Waals surface area contributed by atoms with Crippen molar-refractivity contribution in [1.82, 2.24) is 15.2 Å². The number of piperidine rings is 1. The van der Waals surface area contributed by atoms with Gasteiger partial charge in [-0.1, -0.05) is 6.92 Å². The van der Waals surface area contributed by atoms with Gasteiger partial charge in [-0.2, -0.15) is 0 Å². The highest BCUT2D eigenvalue weighted by molar-refractivity contribution is 5.43. The lowest BCUT2D eigenvalue weighted by molar-refractivity contribution is 0.113. The van der Waals surface area contributed by atoms with Crippen LogP contribution in [-0.4, -0.2) is 35.6 Å². The van der Waals surface area contributed by atoms with Gasteiger partial charge in [-0.15, -0.1) is 0 Å². The second-order valence-corrected chi connectivity index (χ2v) is 6.80. The van der Waals surface area contributed by atoms with Crippen molar-refractivity contribution in [2.24, 2.45) is 5.92 Å². The summed E-state index contributed by atoms with van der Waals surface area (Å²) in [7, 11) is 2.30. The maximum absolute atomic E-state index is 6.18. The minimum atomic E-state index is 0.346. The summed E-state index contributed by atoms with van der Waals surface area (Å²) >= 11 is 0. The summed E-state index contributed by atoms with van der Waals surface area (Å²) in [5, 5.41) is 3.68. The molecule has 0 spiro atoms. The Hall–Kier alpha value is -1.13. The summed E-state index contributed by atoms with van der Waals surface area (Å²) in [6.07, 6.45) is 7.13. The molecule has 0 aromatic carbocycles. The number of nitrogens with two attached hydrogens (primary N) is 1. The first kappa shape index (κ1) is 14.8. The summed E-state index contributed by atoms with van der Waals surface area (Å²) < 4.78 is 0. The minimum absolute atomic E-state index is 0.346. The van der Waals surface area contributed by atoms with Gasteiger partial charge in [0.15, 0.2) is 0 Å². The van der Waals surface area contributed by atoms with Crippen LogP contribution in [-0.2, 0) is 0 Å². The largest absolute Gasteiger partial charge is 0.383 e. The molecule has 2 bridgehead atoms. The molecular formula is C17H28N4. The molecule has 0 saturated carbocycles. The summed E-state index contributed by atoms with van der Waals surface area (Å²) in [6.45, 7) is 5.24. The number of hydrogen-bond donors (Lipinski definition) is 2. The van der Waals surface area contributed by atoms with E-state index >= 15 is 0 Å². The van der Waals surface area contributed by atoms with Gasteiger partial charge in [0.25, 0.3) is 0 Å². The zero-order valence-electron chi connectivity index (χ0n) is 13.5. The molecule has 1 aromatic rings. The zero-order chi connectivity index (χ0) is 15.0. The number of pyridine rings is 1. The van der Waals surface area contributed by atoms with Crippen molar-refractivity contribution < 1.29 is 0 Å². The zero-order valence-corrected chi connectivity index (χ0v) is 13.5. The van der Waals surface area contributed by atoms with E-state index in [0.29, 0.717) is 17.8 Å². The van der Waals surface area contributed by atoms with Crippen molar-refractivity contribution in [3.8, 4) is 0 Å². The van der Waals surface area contributed by atoms with Crippen LogP contribution in [0.2, 0.25) is 0 Å². The molecule has 0 amide bonds. The highest BCUT2D eigenvalue weighted by Gasteiger charge is 2.41. The molecule has 3 unspecified atom stereocenters. The molecule has 3 heterocycles. The van der Waals surface area contributed by atoms with E-state index in [1.165, 1.54) is 36.8 Å². The maximum Gasteiger partial charge on any atom is 0.128 e. The number of nitrogens with zero attached hydrogens (tertiary/aromatic N) is 2. The van der Waals surface area contributed by atoms with Gasteiger partial charge >= 0.3 is 0 Å². The predicted molar refractivity (Wildman–Crippen MR) is 87.1 cm³/mol. The highest BCUT2D eigenvalue weighted by Crippen LogP contribution is 2.43. The number of aromatic nitrogens is 1. The molecule has 3 atom stereocenters. The van der Waals surface area contributed by atoms with Crippen LogP contribution in [0.4, 0.5) is 5.82 Å². The van der Waals surface area contributed by atoms with Crippen LogP contribution in [0.1, 0.15) is 49.8 Å². The monoisotopic (exact) mass is 288 g/mol. The lowest BCUT2D eigenvalue weighted by Crippen LogP contribution is -2.44. The molecule has 4 nitrogen and oxygen atoms in total. The predicted octanol–water partition coefficient (Wildman–Crippen LogP) is 2.50. The van der Waals surface area contributed by atoms with E-state index in [9.17, 15) is 0 Å². The van der Waals surface area contributed by atoms with Crippen molar-refractivity contribution in [2.45, 2.75) is 57.7 Å². The lowest BCUT2D eigenvalue weighted by Gasteiger charge is -2.40. The highest BCUT2D eigenvalue weighted by atomic mass is 15.2. The minimum Gasteiger partial charge on any atom is -0.383 e. The first-order valence-electron chi connectivity index (χ1n) is 8.27. The van der Waals surface area contributed by atoms with Gasteiger partial charge in [-0.25, -0.2) is 4.98 Å². The van der Waals surface area contributed by atoms with Crippen LogP contribution in [0.3, 0.4) is 0 Å². The molecule has 2 fully saturated rings. The Balaban J connectivity index is 1.86. The normalized spacial score (nSPS) is 30.5. The smallest absolute Gasteiger partial charge is 0.128 e. The lowest BCUT2D eigenvalue weighted by atomic mass is 9.82. The number of hydrogen-bond acceptors (Lipinski definition) is 4. The third-order valence-corrected chi connectivity index (χ3v) is 5.45. The quantitative estimate of drug-likeness (QED) is 0.894. The van der Waals surface area contributed by atoms with Crippen LogP contribution in [0.5, 0.6) is 0 Å². The van der Waals surface area contributed by atoms with Gasteiger partial charge in [-0.3, -0.25) is 0 Å². The van der Waals surface area contributed by atoms with Crippen molar-refractivity contribution in [3.63, 3.8) is 0 Å². The fraction of sp³-hybridized carbons (Fsp3) is 0.706. The SMILES string of the molecule is CCNC(c1cc(C)cnc1N)C1CC2CCC(C1)N2C. The summed E-state index contributed by atoms with van der Waals surface area (Å²) in [5.74, 6) is 1.36. The topological polar surface area (TPSA) is 54.2 Å². The Kier molecular flexibility index (Phi) is 4.18. The third kappa shape index (κ3) is 2.79. The van der Waals surface area contributed by atoms with Gasteiger partial charge in [0.05, 0.1) is 0 Å². The standard InChI is InChI=1S/C17H28N4/c1-4-19-16(15-7-11(2)10-20-17(15)18)12-8-13-5-6-14(9-12)21(13)3/h7,10,12-14,16,19H,4-6,8-9H2,1-3H3,(H2,18,20). The van der Waals surface area contributed by atoms with Crippen LogP contribution < -0.4 is 11.1 Å². The Labute approximate surface area is 128 Å². The van der Waals surface area contributed by atoms with E-state index < -0.39 is 0 Å². The maximum atomic E-state index is 6.18. The van der Waals surface area contributed by atoms with Crippen molar-refractivity contribution in [2.75, 3.05) is 19.3 Å². The van der Waals surface area contributed by atoms with E-state index in [1.54, 1.807) is 0 Å². The molecule has 116 valence electrons. The number of nitrogen functional groups attached to an aromatic ring is 1. The molecule has 2 aliphatic heterocycles. The van der Waals surface area contributed by atoms with Gasteiger partial charge in [0.2, 0.25) is 0 Å². The molecule has 2 aliphatic rings. The van der Waals surface area contributed by atoms with Crippen LogP contribution >= 0.6 is 0 Å². The third-order valence-electron chi connectivity index (χ3n) is 5.45. The number of rotatable bonds is 4. The Morgan fingerprint density at radius 1 is 1.38 bits per heavy atom. The average Bonchev–Trinajstić information content (AvgIpc) is 2.69. The first-order valence-corrected chi connectivity index (χ1v) is 8.27. The molecule has 1 aromatic heterocycles.